The van der Waals surface area contributed by atoms with Crippen molar-refractivity contribution in [2.45, 2.75) is 0 Å². The molecule has 13 heteroatoms. The van der Waals surface area contributed by atoms with E-state index < -0.39 is 15.0 Å². The summed E-state index contributed by atoms with van der Waals surface area (Å²) in [6.07, 6.45) is 0. The molecule has 11 nitrogen and oxygen atoms in total. The summed E-state index contributed by atoms with van der Waals surface area (Å²) in [4.78, 5) is 9.10. The lowest BCUT2D eigenvalue weighted by Crippen LogP contribution is -2.35. The molecule has 0 N–H and O–H groups in total. The zero-order valence-corrected chi connectivity index (χ0v) is 29.5. The molecule has 0 fully saturated rings. The van der Waals surface area contributed by atoms with E-state index in [2.05, 4.69) is 143 Å². The minimum atomic E-state index is -2.27. The molecule has 0 aliphatic rings. The molecule has 0 bridgehead atoms. The molecule has 0 atom stereocenters. The fraction of sp³-hybridized carbons (Fsp3) is 0.593. The second-order valence-electron chi connectivity index (χ2n) is 11.4. The van der Waals surface area contributed by atoms with E-state index in [0.717, 1.165) is 33.8 Å². The van der Waals surface area contributed by atoms with Crippen molar-refractivity contribution in [3.05, 3.63) is 30.3 Å². The summed E-state index contributed by atoms with van der Waals surface area (Å²) >= 11 is 0. The number of benzene rings is 2. The predicted octanol–water partition coefficient (Wildman–Crippen LogP) is 5.48. The van der Waals surface area contributed by atoms with E-state index >= 15 is 0 Å². The van der Waals surface area contributed by atoms with Gasteiger partial charge in [-0.1, -0.05) is 12.1 Å². The van der Waals surface area contributed by atoms with Gasteiger partial charge in [0.1, 0.15) is 0 Å². The molecule has 40 heavy (non-hydrogen) atoms. The summed E-state index contributed by atoms with van der Waals surface area (Å²) in [6, 6.07) is 10.6. The van der Waals surface area contributed by atoms with Gasteiger partial charge in [-0.15, -0.1) is 0 Å². The van der Waals surface area contributed by atoms with Gasteiger partial charge in [0.25, 0.3) is 0 Å². The van der Waals surface area contributed by atoms with Gasteiger partial charge in [0.15, 0.2) is 15.0 Å². The second kappa shape index (κ2) is 13.4. The summed E-state index contributed by atoms with van der Waals surface area (Å²) in [5.41, 5.74) is 2.65. The monoisotopic (exact) mass is 593 g/mol. The van der Waals surface area contributed by atoms with Crippen LogP contribution in [0.5, 0.6) is 0 Å². The molecule has 0 saturated carbocycles. The van der Waals surface area contributed by atoms with Crippen LogP contribution in [0.15, 0.2) is 44.8 Å². The van der Waals surface area contributed by atoms with Gasteiger partial charge in [-0.3, -0.25) is 28.0 Å². The summed E-state index contributed by atoms with van der Waals surface area (Å²) in [6.45, 7) is 0. The van der Waals surface area contributed by atoms with Crippen molar-refractivity contribution in [3.8, 4) is 0 Å². The van der Waals surface area contributed by atoms with Crippen molar-refractivity contribution in [2.75, 3.05) is 113 Å². The molecule has 0 radical (unpaired) electrons. The van der Waals surface area contributed by atoms with Gasteiger partial charge >= 0.3 is 0 Å². The Morgan fingerprint density at radius 3 is 1.30 bits per heavy atom. The molecule has 0 amide bonds. The first-order valence-electron chi connectivity index (χ1n) is 13.2. The fourth-order valence-corrected chi connectivity index (χ4v) is 11.6. The van der Waals surface area contributed by atoms with Crippen LogP contribution in [-0.2, 0) is 0 Å². The van der Waals surface area contributed by atoms with Gasteiger partial charge in [-0.25, -0.2) is 14.5 Å². The van der Waals surface area contributed by atoms with E-state index in [1.165, 1.54) is 0 Å². The van der Waals surface area contributed by atoms with Crippen molar-refractivity contribution in [2.24, 2.45) is 14.5 Å². The Kier molecular flexibility index (Phi) is 11.6. The van der Waals surface area contributed by atoms with Gasteiger partial charge in [0.2, 0.25) is 5.96 Å². The maximum absolute atomic E-state index is 5.60. The standard InChI is InChI=1S/C27H53N11P2/c1-31(2)27(32(3)4)28-23-20-22-18-17-19-24(29-39(33(5)6,34(7)8)35(9)10)26(22)25(21-23)30-40(36(11)12,37(13)14)38(15)16/h17-21H,1-16H3. The fourth-order valence-electron chi connectivity index (χ4n) is 5.28. The first-order valence-corrected chi connectivity index (χ1v) is 16.4. The molecule has 0 aliphatic carbocycles. The Morgan fingerprint density at radius 1 is 0.525 bits per heavy atom. The van der Waals surface area contributed by atoms with E-state index in [1.54, 1.807) is 0 Å². The molecular weight excluding hydrogens is 540 g/mol. The third kappa shape index (κ3) is 6.63. The van der Waals surface area contributed by atoms with E-state index in [1.807, 2.05) is 38.0 Å². The van der Waals surface area contributed by atoms with Gasteiger partial charge in [0.05, 0.1) is 17.1 Å². The third-order valence-electron chi connectivity index (χ3n) is 6.65. The van der Waals surface area contributed by atoms with Crippen LogP contribution in [0.1, 0.15) is 0 Å². The Bertz CT molecular complexity index is 1240. The number of fused-ring (bicyclic) bond motifs is 1. The topological polar surface area (TPSA) is 63.0 Å². The summed E-state index contributed by atoms with van der Waals surface area (Å²) in [5, 5.41) is 2.09. The van der Waals surface area contributed by atoms with E-state index in [9.17, 15) is 0 Å². The van der Waals surface area contributed by atoms with Gasteiger partial charge in [-0.2, -0.15) is 0 Å². The van der Waals surface area contributed by atoms with Crippen LogP contribution in [0.4, 0.5) is 17.1 Å². The number of nitrogens with zero attached hydrogens (tertiary/aromatic N) is 11. The molecule has 2 aromatic carbocycles. The van der Waals surface area contributed by atoms with E-state index in [-0.39, 0.29) is 0 Å². The number of rotatable bonds is 9. The highest BCUT2D eigenvalue weighted by Gasteiger charge is 2.31. The number of hydrogen-bond acceptors (Lipinski definition) is 3. The first-order chi connectivity index (χ1) is 18.4. The maximum Gasteiger partial charge on any atom is 0.200 e. The molecule has 0 heterocycles. The van der Waals surface area contributed by atoms with Gasteiger partial charge < -0.3 is 9.80 Å². The second-order valence-corrected chi connectivity index (χ2v) is 18.7. The normalized spacial score (nSPS) is 12.8. The highest BCUT2D eigenvalue weighted by Crippen LogP contribution is 2.60. The minimum absolute atomic E-state index is 0.851. The molecule has 226 valence electrons. The molecule has 0 aromatic heterocycles. The van der Waals surface area contributed by atoms with E-state index in [4.69, 9.17) is 14.5 Å². The van der Waals surface area contributed by atoms with Gasteiger partial charge in [-0.05, 0) is 108 Å². The molecule has 0 unspecified atom stereocenters. The Hall–Kier alpha value is -1.81. The van der Waals surface area contributed by atoms with Crippen molar-refractivity contribution < 1.29 is 0 Å². The molecule has 0 saturated heterocycles. The Balaban J connectivity index is 3.26. The predicted molar refractivity (Wildman–Crippen MR) is 179 cm³/mol. The number of hydrogen-bond donors (Lipinski definition) is 0. The number of guanidine groups is 1. The molecular formula is C27H53N11P2. The van der Waals surface area contributed by atoms with Crippen LogP contribution >= 0.6 is 15.0 Å². The summed E-state index contributed by atoms with van der Waals surface area (Å²) < 4.78 is 24.5. The average Bonchev–Trinajstić information content (AvgIpc) is 2.82. The van der Waals surface area contributed by atoms with Crippen LogP contribution in [0, 0.1) is 0 Å². The van der Waals surface area contributed by atoms with Gasteiger partial charge in [0, 0.05) is 33.6 Å². The lowest BCUT2D eigenvalue weighted by Gasteiger charge is -2.41. The minimum Gasteiger partial charge on any atom is -0.349 e. The lowest BCUT2D eigenvalue weighted by molar-refractivity contribution is 0.474. The van der Waals surface area contributed by atoms with Crippen LogP contribution < -0.4 is 0 Å². The van der Waals surface area contributed by atoms with Crippen molar-refractivity contribution in [1.82, 2.24) is 37.8 Å². The van der Waals surface area contributed by atoms with Crippen LogP contribution in [0.25, 0.3) is 10.8 Å². The van der Waals surface area contributed by atoms with Crippen molar-refractivity contribution in [3.63, 3.8) is 0 Å². The average molecular weight is 594 g/mol. The molecule has 0 aliphatic heterocycles. The zero-order chi connectivity index (χ0) is 30.7. The van der Waals surface area contributed by atoms with Crippen LogP contribution in [0.3, 0.4) is 0 Å². The van der Waals surface area contributed by atoms with E-state index in [0.29, 0.717) is 0 Å². The lowest BCUT2D eigenvalue weighted by atomic mass is 10.1. The SMILES string of the molecule is CN(C)C(=Nc1cc(N=P(N(C)C)(N(C)C)N(C)C)c2c(N=P(N(C)C)(N(C)C)N(C)C)cccc2c1)N(C)C. The largest absolute Gasteiger partial charge is 0.349 e. The third-order valence-corrected chi connectivity index (χ3v) is 14.1. The smallest absolute Gasteiger partial charge is 0.200 e. The number of aliphatic imine (C=N–C) groups is 1. The first kappa shape index (κ1) is 34.4. The zero-order valence-electron chi connectivity index (χ0n) is 27.7. The quantitative estimate of drug-likeness (QED) is 0.215. The molecule has 0 spiro atoms. The molecule has 2 rings (SSSR count). The summed E-state index contributed by atoms with van der Waals surface area (Å²) in [5.74, 6) is 0.859. The highest BCUT2D eigenvalue weighted by atomic mass is 31.2. The maximum atomic E-state index is 5.60. The Morgan fingerprint density at radius 2 is 0.925 bits per heavy atom. The van der Waals surface area contributed by atoms with Crippen molar-refractivity contribution in [1.29, 1.82) is 0 Å². The van der Waals surface area contributed by atoms with Crippen molar-refractivity contribution >= 4 is 48.8 Å². The summed E-state index contributed by atoms with van der Waals surface area (Å²) in [7, 11) is 28.8. The Labute approximate surface area is 244 Å². The molecule has 2 aromatic rings. The highest BCUT2D eigenvalue weighted by molar-refractivity contribution is 7.59. The van der Waals surface area contributed by atoms with Crippen LogP contribution in [-0.4, -0.2) is 157 Å². The van der Waals surface area contributed by atoms with Crippen LogP contribution in [0.2, 0.25) is 0 Å².